The van der Waals surface area contributed by atoms with Crippen molar-refractivity contribution in [3.8, 4) is 0 Å². The Balaban J connectivity index is 3.12. The highest BCUT2D eigenvalue weighted by Gasteiger charge is 2.34. The molecule has 0 fully saturated rings. The van der Waals surface area contributed by atoms with Crippen molar-refractivity contribution in [1.29, 1.82) is 0 Å². The first-order valence-corrected chi connectivity index (χ1v) is 17.0. The summed E-state index contributed by atoms with van der Waals surface area (Å²) in [6.07, 6.45) is 0.295. The van der Waals surface area contributed by atoms with Crippen LogP contribution in [0.2, 0.25) is 0 Å². The van der Waals surface area contributed by atoms with Crippen LogP contribution >= 0.6 is 11.8 Å². The molecule has 19 heteroatoms. The van der Waals surface area contributed by atoms with E-state index in [2.05, 4.69) is 26.6 Å². The average molecular weight is 726 g/mol. The van der Waals surface area contributed by atoms with Gasteiger partial charge in [-0.15, -0.1) is 0 Å². The van der Waals surface area contributed by atoms with Crippen LogP contribution in [0.3, 0.4) is 0 Å². The zero-order chi connectivity index (χ0) is 38.0. The number of hydrogen-bond donors (Lipinski definition) is 10. The van der Waals surface area contributed by atoms with E-state index in [9.17, 15) is 53.7 Å². The second-order valence-electron chi connectivity index (χ2n) is 11.8. The standard InChI is InChI=1S/C31H47N7O11S/c1-16(2)11-19(27(44)36-21(14-25(41)42)29(46)37-22(31(48)49)12-17-7-5-4-6-8-17)35-30(47)23(15-39)38-28(45)20(13-24(33)40)34-26(43)18(32)9-10-50-3/h4-8,16,18-23,39H,9-15,32H2,1-3H3,(H2,33,40)(H,34,43)(H,35,47)(H,36,44)(H,37,46)(H,38,45)(H,41,42)(H,48,49)/t18-,19-,20-,21-,22-,23-/m0/s1. The summed E-state index contributed by atoms with van der Waals surface area (Å²) in [5.41, 5.74) is 11.6. The maximum atomic E-state index is 13.4. The molecular formula is C31H47N7O11S. The van der Waals surface area contributed by atoms with E-state index in [0.29, 0.717) is 11.3 Å². The van der Waals surface area contributed by atoms with Crippen molar-refractivity contribution in [2.24, 2.45) is 17.4 Å². The zero-order valence-corrected chi connectivity index (χ0v) is 28.9. The highest BCUT2D eigenvalue weighted by atomic mass is 32.2. The summed E-state index contributed by atoms with van der Waals surface area (Å²) in [6, 6.07) is -0.580. The molecule has 278 valence electrons. The van der Waals surface area contributed by atoms with Crippen molar-refractivity contribution in [3.63, 3.8) is 0 Å². The van der Waals surface area contributed by atoms with Crippen molar-refractivity contribution in [1.82, 2.24) is 26.6 Å². The molecule has 6 amide bonds. The first-order valence-electron chi connectivity index (χ1n) is 15.6. The largest absolute Gasteiger partial charge is 0.481 e. The smallest absolute Gasteiger partial charge is 0.326 e. The molecule has 1 aromatic rings. The molecule has 0 aromatic heterocycles. The number of carbonyl (C=O) groups excluding carboxylic acids is 6. The molecule has 18 nitrogen and oxygen atoms in total. The number of aliphatic hydroxyl groups is 1. The van der Waals surface area contributed by atoms with Gasteiger partial charge in [-0.1, -0.05) is 44.2 Å². The number of rotatable bonds is 23. The fourth-order valence-electron chi connectivity index (χ4n) is 4.49. The monoisotopic (exact) mass is 725 g/mol. The van der Waals surface area contributed by atoms with Crippen molar-refractivity contribution < 1.29 is 53.7 Å². The van der Waals surface area contributed by atoms with Crippen LogP contribution in [0.25, 0.3) is 0 Å². The lowest BCUT2D eigenvalue weighted by Crippen LogP contribution is -2.60. The summed E-state index contributed by atoms with van der Waals surface area (Å²) in [4.78, 5) is 100. The maximum absolute atomic E-state index is 13.4. The Kier molecular flexibility index (Phi) is 19.1. The average Bonchev–Trinajstić information content (AvgIpc) is 3.04. The van der Waals surface area contributed by atoms with E-state index in [1.807, 2.05) is 0 Å². The van der Waals surface area contributed by atoms with Gasteiger partial charge < -0.3 is 53.4 Å². The normalized spacial score (nSPS) is 14.5. The molecule has 0 aliphatic heterocycles. The number of carbonyl (C=O) groups is 8. The number of aliphatic hydroxyl groups excluding tert-OH is 1. The summed E-state index contributed by atoms with van der Waals surface area (Å²) < 4.78 is 0. The van der Waals surface area contributed by atoms with Crippen molar-refractivity contribution >= 4 is 59.1 Å². The number of carboxylic acids is 2. The number of benzene rings is 1. The SMILES string of the molecule is CSCC[C@H](N)C(=O)N[C@@H](CC(N)=O)C(=O)N[C@@H](CO)C(=O)N[C@@H](CC(C)C)C(=O)N[C@@H](CC(=O)O)C(=O)N[C@@H](Cc1ccccc1)C(=O)O. The van der Waals surface area contributed by atoms with E-state index < -0.39 is 103 Å². The third kappa shape index (κ3) is 16.1. The van der Waals surface area contributed by atoms with E-state index in [4.69, 9.17) is 11.5 Å². The molecule has 6 atom stereocenters. The van der Waals surface area contributed by atoms with E-state index >= 15 is 0 Å². The van der Waals surface area contributed by atoms with Gasteiger partial charge in [0.25, 0.3) is 0 Å². The highest BCUT2D eigenvalue weighted by molar-refractivity contribution is 7.98. The molecule has 0 aliphatic carbocycles. The van der Waals surface area contributed by atoms with Gasteiger partial charge in [-0.25, -0.2) is 4.79 Å². The second kappa shape index (κ2) is 22.1. The molecule has 0 bridgehead atoms. The molecule has 50 heavy (non-hydrogen) atoms. The lowest BCUT2D eigenvalue weighted by atomic mass is 10.0. The first-order chi connectivity index (χ1) is 23.5. The van der Waals surface area contributed by atoms with Crippen LogP contribution in [0, 0.1) is 5.92 Å². The third-order valence-electron chi connectivity index (χ3n) is 7.07. The van der Waals surface area contributed by atoms with Gasteiger partial charge in [-0.2, -0.15) is 11.8 Å². The number of thioether (sulfide) groups is 1. The number of aliphatic carboxylic acids is 2. The van der Waals surface area contributed by atoms with Gasteiger partial charge in [0.05, 0.1) is 25.5 Å². The molecule has 0 radical (unpaired) electrons. The Morgan fingerprint density at radius 3 is 1.70 bits per heavy atom. The minimum atomic E-state index is -1.75. The number of nitrogens with two attached hydrogens (primary N) is 2. The molecule has 0 heterocycles. The van der Waals surface area contributed by atoms with Crippen LogP contribution in [-0.2, 0) is 44.8 Å². The molecule has 0 unspecified atom stereocenters. The first kappa shape index (κ1) is 43.3. The Hall–Kier alpha value is -4.75. The van der Waals surface area contributed by atoms with Crippen molar-refractivity contribution in [2.75, 3.05) is 18.6 Å². The van der Waals surface area contributed by atoms with Crippen LogP contribution < -0.4 is 38.1 Å². The number of primary amides is 1. The van der Waals surface area contributed by atoms with Gasteiger partial charge in [0.1, 0.15) is 30.2 Å². The molecule has 0 spiro atoms. The summed E-state index contributed by atoms with van der Waals surface area (Å²) in [6.45, 7) is 2.41. The molecule has 0 aliphatic rings. The number of nitrogens with one attached hydrogen (secondary N) is 5. The quantitative estimate of drug-likeness (QED) is 0.0546. The number of hydrogen-bond acceptors (Lipinski definition) is 11. The molecule has 1 aromatic carbocycles. The van der Waals surface area contributed by atoms with Gasteiger partial charge in [0, 0.05) is 6.42 Å². The minimum absolute atomic E-state index is 0.0505. The van der Waals surface area contributed by atoms with Crippen LogP contribution in [0.1, 0.15) is 45.1 Å². The Labute approximate surface area is 293 Å². The van der Waals surface area contributed by atoms with E-state index in [0.717, 1.165) is 0 Å². The lowest BCUT2D eigenvalue weighted by molar-refractivity contribution is -0.143. The van der Waals surface area contributed by atoms with Crippen LogP contribution in [-0.4, -0.2) is 118 Å². The van der Waals surface area contributed by atoms with Crippen LogP contribution in [0.4, 0.5) is 0 Å². The summed E-state index contributed by atoms with van der Waals surface area (Å²) in [5, 5.41) is 40.3. The van der Waals surface area contributed by atoms with Crippen LogP contribution in [0.5, 0.6) is 0 Å². The van der Waals surface area contributed by atoms with E-state index in [1.165, 1.54) is 11.8 Å². The minimum Gasteiger partial charge on any atom is -0.481 e. The molecule has 12 N–H and O–H groups in total. The number of amides is 6. The molecular weight excluding hydrogens is 678 g/mol. The highest BCUT2D eigenvalue weighted by Crippen LogP contribution is 2.09. The molecule has 0 saturated carbocycles. The van der Waals surface area contributed by atoms with Crippen LogP contribution in [0.15, 0.2) is 30.3 Å². The van der Waals surface area contributed by atoms with Gasteiger partial charge >= 0.3 is 11.9 Å². The zero-order valence-electron chi connectivity index (χ0n) is 28.0. The predicted molar refractivity (Wildman–Crippen MR) is 181 cm³/mol. The van der Waals surface area contributed by atoms with Crippen molar-refractivity contribution in [3.05, 3.63) is 35.9 Å². The van der Waals surface area contributed by atoms with Gasteiger partial charge in [-0.05, 0) is 36.3 Å². The Morgan fingerprint density at radius 1 is 0.720 bits per heavy atom. The Morgan fingerprint density at radius 2 is 1.20 bits per heavy atom. The maximum Gasteiger partial charge on any atom is 0.326 e. The van der Waals surface area contributed by atoms with Crippen molar-refractivity contribution in [2.45, 2.75) is 82.2 Å². The predicted octanol–water partition coefficient (Wildman–Crippen LogP) is -2.79. The third-order valence-corrected chi connectivity index (χ3v) is 7.72. The van der Waals surface area contributed by atoms with Gasteiger partial charge in [0.2, 0.25) is 35.4 Å². The fourth-order valence-corrected chi connectivity index (χ4v) is 4.97. The molecule has 0 saturated heterocycles. The summed E-state index contributed by atoms with van der Waals surface area (Å²) in [7, 11) is 0. The summed E-state index contributed by atoms with van der Waals surface area (Å²) in [5.74, 6) is -8.57. The topological polar surface area (TPSA) is 309 Å². The van der Waals surface area contributed by atoms with Gasteiger partial charge in [0.15, 0.2) is 0 Å². The van der Waals surface area contributed by atoms with E-state index in [1.54, 1.807) is 50.4 Å². The summed E-state index contributed by atoms with van der Waals surface area (Å²) >= 11 is 1.44. The van der Waals surface area contributed by atoms with Gasteiger partial charge in [-0.3, -0.25) is 33.6 Å². The fraction of sp³-hybridized carbons (Fsp3) is 0.548. The number of carboxylic acid groups (broad SMARTS) is 2. The Bertz CT molecular complexity index is 1350. The van der Waals surface area contributed by atoms with E-state index in [-0.39, 0.29) is 25.2 Å². The second-order valence-corrected chi connectivity index (χ2v) is 12.8. The molecule has 1 rings (SSSR count). The lowest BCUT2D eigenvalue weighted by Gasteiger charge is -2.27.